The Morgan fingerprint density at radius 1 is 1.22 bits per heavy atom. The van der Waals surface area contributed by atoms with Crippen molar-refractivity contribution in [1.29, 1.82) is 0 Å². The second kappa shape index (κ2) is 5.23. The van der Waals surface area contributed by atoms with Crippen LogP contribution in [0.3, 0.4) is 0 Å². The number of halogens is 2. The average molecular weight is 249 g/mol. The van der Waals surface area contributed by atoms with Gasteiger partial charge in [0.15, 0.2) is 0 Å². The summed E-state index contributed by atoms with van der Waals surface area (Å²) < 4.78 is 26.2. The molecule has 0 aliphatic rings. The predicted octanol–water partition coefficient (Wildman–Crippen LogP) is 2.94. The number of aryl methyl sites for hydroxylation is 1. The Labute approximate surface area is 104 Å². The molecule has 1 heterocycles. The molecular weight excluding hydrogens is 236 g/mol. The SMILES string of the molecule is Cc1cc(C(O)Cc2ccc(F)cc2F)ccn1. The highest BCUT2D eigenvalue weighted by Crippen LogP contribution is 2.20. The Morgan fingerprint density at radius 3 is 2.67 bits per heavy atom. The smallest absolute Gasteiger partial charge is 0.129 e. The molecule has 1 N–H and O–H groups in total. The Balaban J connectivity index is 2.18. The van der Waals surface area contributed by atoms with Gasteiger partial charge in [-0.3, -0.25) is 4.98 Å². The van der Waals surface area contributed by atoms with Crippen molar-refractivity contribution in [3.8, 4) is 0 Å². The van der Waals surface area contributed by atoms with Crippen molar-refractivity contribution in [2.45, 2.75) is 19.4 Å². The van der Waals surface area contributed by atoms with Gasteiger partial charge in [-0.15, -0.1) is 0 Å². The van der Waals surface area contributed by atoms with Gasteiger partial charge < -0.3 is 5.11 Å². The van der Waals surface area contributed by atoms with Gasteiger partial charge in [-0.05, 0) is 36.2 Å². The highest BCUT2D eigenvalue weighted by Gasteiger charge is 2.12. The molecule has 0 fully saturated rings. The standard InChI is InChI=1S/C14H13F2NO/c1-9-6-11(4-5-17-9)14(18)7-10-2-3-12(15)8-13(10)16/h2-6,8,14,18H,7H2,1H3. The van der Waals surface area contributed by atoms with Gasteiger partial charge in [0.1, 0.15) is 11.6 Å². The van der Waals surface area contributed by atoms with E-state index < -0.39 is 17.7 Å². The van der Waals surface area contributed by atoms with Crippen LogP contribution < -0.4 is 0 Å². The Hall–Kier alpha value is -1.81. The third kappa shape index (κ3) is 2.90. The first-order valence-corrected chi connectivity index (χ1v) is 5.61. The second-order valence-corrected chi connectivity index (χ2v) is 4.19. The van der Waals surface area contributed by atoms with Gasteiger partial charge >= 0.3 is 0 Å². The van der Waals surface area contributed by atoms with Crippen LogP contribution >= 0.6 is 0 Å². The minimum absolute atomic E-state index is 0.107. The normalized spacial score (nSPS) is 12.4. The van der Waals surface area contributed by atoms with Crippen LogP contribution in [0.1, 0.15) is 22.9 Å². The summed E-state index contributed by atoms with van der Waals surface area (Å²) in [6.45, 7) is 1.81. The minimum Gasteiger partial charge on any atom is -0.388 e. The molecule has 94 valence electrons. The van der Waals surface area contributed by atoms with Crippen molar-refractivity contribution in [2.24, 2.45) is 0 Å². The maximum atomic E-state index is 13.4. The molecule has 1 atom stereocenters. The fourth-order valence-electron chi connectivity index (χ4n) is 1.79. The van der Waals surface area contributed by atoms with E-state index in [1.807, 2.05) is 6.92 Å². The highest BCUT2D eigenvalue weighted by atomic mass is 19.1. The Morgan fingerprint density at radius 2 is 2.00 bits per heavy atom. The van der Waals surface area contributed by atoms with Gasteiger partial charge in [-0.2, -0.15) is 0 Å². The molecule has 0 amide bonds. The number of aromatic nitrogens is 1. The van der Waals surface area contributed by atoms with Crippen molar-refractivity contribution in [3.05, 3.63) is 65.0 Å². The largest absolute Gasteiger partial charge is 0.388 e. The summed E-state index contributed by atoms with van der Waals surface area (Å²) in [6, 6.07) is 6.77. The summed E-state index contributed by atoms with van der Waals surface area (Å²) in [5, 5.41) is 10.0. The van der Waals surface area contributed by atoms with Crippen LogP contribution in [-0.4, -0.2) is 10.1 Å². The topological polar surface area (TPSA) is 33.1 Å². The lowest BCUT2D eigenvalue weighted by Gasteiger charge is -2.12. The van der Waals surface area contributed by atoms with E-state index in [4.69, 9.17) is 0 Å². The summed E-state index contributed by atoms with van der Waals surface area (Å²) in [4.78, 5) is 4.02. The number of rotatable bonds is 3. The molecule has 0 spiro atoms. The third-order valence-electron chi connectivity index (χ3n) is 2.73. The first kappa shape index (κ1) is 12.6. The fourth-order valence-corrected chi connectivity index (χ4v) is 1.79. The lowest BCUT2D eigenvalue weighted by atomic mass is 10.0. The predicted molar refractivity (Wildman–Crippen MR) is 64.0 cm³/mol. The Kier molecular flexibility index (Phi) is 3.67. The molecule has 0 saturated carbocycles. The molecule has 0 aliphatic heterocycles. The number of hydrogen-bond acceptors (Lipinski definition) is 2. The molecule has 2 aromatic rings. The van der Waals surface area contributed by atoms with E-state index >= 15 is 0 Å². The Bertz CT molecular complexity index is 557. The van der Waals surface area contributed by atoms with Gasteiger partial charge in [0.05, 0.1) is 6.10 Å². The van der Waals surface area contributed by atoms with E-state index in [-0.39, 0.29) is 6.42 Å². The summed E-state index contributed by atoms with van der Waals surface area (Å²) >= 11 is 0. The van der Waals surface area contributed by atoms with Crippen LogP contribution in [0.4, 0.5) is 8.78 Å². The fraction of sp³-hybridized carbons (Fsp3) is 0.214. The molecule has 4 heteroatoms. The molecule has 1 aromatic carbocycles. The molecular formula is C14H13F2NO. The number of aliphatic hydroxyl groups is 1. The number of benzene rings is 1. The van der Waals surface area contributed by atoms with E-state index in [9.17, 15) is 13.9 Å². The molecule has 1 unspecified atom stereocenters. The van der Waals surface area contributed by atoms with Crippen LogP contribution in [0.15, 0.2) is 36.5 Å². The van der Waals surface area contributed by atoms with E-state index in [0.29, 0.717) is 11.1 Å². The van der Waals surface area contributed by atoms with Crippen LogP contribution in [0.2, 0.25) is 0 Å². The molecule has 1 aromatic heterocycles. The van der Waals surface area contributed by atoms with E-state index in [1.54, 1.807) is 18.3 Å². The number of nitrogens with zero attached hydrogens (tertiary/aromatic N) is 1. The molecule has 0 aliphatic carbocycles. The van der Waals surface area contributed by atoms with Crippen molar-refractivity contribution in [1.82, 2.24) is 4.98 Å². The van der Waals surface area contributed by atoms with Crippen LogP contribution in [0.25, 0.3) is 0 Å². The van der Waals surface area contributed by atoms with Crippen LogP contribution in [0.5, 0.6) is 0 Å². The summed E-state index contributed by atoms with van der Waals surface area (Å²) in [5.74, 6) is -1.26. The molecule has 18 heavy (non-hydrogen) atoms. The zero-order valence-electron chi connectivity index (χ0n) is 9.90. The van der Waals surface area contributed by atoms with Gasteiger partial charge in [0.25, 0.3) is 0 Å². The highest BCUT2D eigenvalue weighted by molar-refractivity contribution is 5.24. The van der Waals surface area contributed by atoms with Gasteiger partial charge in [-0.25, -0.2) is 8.78 Å². The van der Waals surface area contributed by atoms with Crippen molar-refractivity contribution < 1.29 is 13.9 Å². The maximum absolute atomic E-state index is 13.4. The lowest BCUT2D eigenvalue weighted by molar-refractivity contribution is 0.177. The number of hydrogen-bond donors (Lipinski definition) is 1. The lowest BCUT2D eigenvalue weighted by Crippen LogP contribution is -2.04. The third-order valence-corrected chi connectivity index (χ3v) is 2.73. The van der Waals surface area contributed by atoms with E-state index in [2.05, 4.69) is 4.98 Å². The van der Waals surface area contributed by atoms with Crippen molar-refractivity contribution >= 4 is 0 Å². The minimum atomic E-state index is -0.827. The van der Waals surface area contributed by atoms with E-state index in [1.165, 1.54) is 12.1 Å². The zero-order chi connectivity index (χ0) is 13.1. The molecule has 0 bridgehead atoms. The van der Waals surface area contributed by atoms with Crippen molar-refractivity contribution in [2.75, 3.05) is 0 Å². The van der Waals surface area contributed by atoms with Gasteiger partial charge in [0.2, 0.25) is 0 Å². The second-order valence-electron chi connectivity index (χ2n) is 4.19. The molecule has 0 radical (unpaired) electrons. The first-order chi connectivity index (χ1) is 8.56. The van der Waals surface area contributed by atoms with Crippen molar-refractivity contribution in [3.63, 3.8) is 0 Å². The van der Waals surface area contributed by atoms with Crippen LogP contribution in [0, 0.1) is 18.6 Å². The molecule has 2 nitrogen and oxygen atoms in total. The summed E-state index contributed by atoms with van der Waals surface area (Å²) in [7, 11) is 0. The molecule has 2 rings (SSSR count). The van der Waals surface area contributed by atoms with Crippen LogP contribution in [-0.2, 0) is 6.42 Å². The number of aliphatic hydroxyl groups excluding tert-OH is 1. The van der Waals surface area contributed by atoms with E-state index in [0.717, 1.165) is 11.8 Å². The van der Waals surface area contributed by atoms with Gasteiger partial charge in [0, 0.05) is 24.4 Å². The quantitative estimate of drug-likeness (QED) is 0.907. The number of pyridine rings is 1. The monoisotopic (exact) mass is 249 g/mol. The summed E-state index contributed by atoms with van der Waals surface area (Å²) in [5.41, 5.74) is 1.75. The maximum Gasteiger partial charge on any atom is 0.129 e. The molecule has 0 saturated heterocycles. The average Bonchev–Trinajstić information content (AvgIpc) is 2.32. The first-order valence-electron chi connectivity index (χ1n) is 5.61. The zero-order valence-corrected chi connectivity index (χ0v) is 9.90. The summed E-state index contributed by atoms with van der Waals surface area (Å²) in [6.07, 6.45) is 0.872. The van der Waals surface area contributed by atoms with Gasteiger partial charge in [-0.1, -0.05) is 6.07 Å².